The van der Waals surface area contributed by atoms with Crippen LogP contribution in [-0.2, 0) is 6.54 Å². The number of aryl methyl sites for hydroxylation is 2. The second-order valence-electron chi connectivity index (χ2n) is 4.56. The van der Waals surface area contributed by atoms with Gasteiger partial charge < -0.3 is 9.64 Å². The fraction of sp³-hybridized carbons (Fsp3) is 0.571. The number of methoxy groups -OCH3 is 1. The van der Waals surface area contributed by atoms with Gasteiger partial charge in [-0.1, -0.05) is 6.07 Å². The maximum absolute atomic E-state index is 5.44. The number of thiol groups is 1. The number of ether oxygens (including phenoxy) is 1. The van der Waals surface area contributed by atoms with Crippen LogP contribution < -0.4 is 4.74 Å². The fourth-order valence-electron chi connectivity index (χ4n) is 1.87. The third-order valence-electron chi connectivity index (χ3n) is 3.03. The molecule has 0 aromatic heterocycles. The third-order valence-corrected chi connectivity index (χ3v) is 3.35. The van der Waals surface area contributed by atoms with Crippen molar-refractivity contribution in [2.75, 3.05) is 26.5 Å². The van der Waals surface area contributed by atoms with Crippen LogP contribution in [0.25, 0.3) is 0 Å². The van der Waals surface area contributed by atoms with E-state index in [0.717, 1.165) is 31.0 Å². The Hall–Kier alpha value is -0.670. The summed E-state index contributed by atoms with van der Waals surface area (Å²) in [6, 6.07) is 4.35. The Morgan fingerprint density at radius 1 is 1.24 bits per heavy atom. The van der Waals surface area contributed by atoms with Crippen molar-refractivity contribution in [1.82, 2.24) is 4.90 Å². The van der Waals surface area contributed by atoms with Crippen molar-refractivity contribution in [3.05, 3.63) is 28.8 Å². The Morgan fingerprint density at radius 2 is 1.88 bits per heavy atom. The van der Waals surface area contributed by atoms with Crippen molar-refractivity contribution in [3.63, 3.8) is 0 Å². The molecule has 0 heterocycles. The van der Waals surface area contributed by atoms with Crippen LogP contribution in [0.4, 0.5) is 0 Å². The Bertz CT molecular complexity index is 365. The number of rotatable bonds is 6. The van der Waals surface area contributed by atoms with E-state index in [-0.39, 0.29) is 0 Å². The highest BCUT2D eigenvalue weighted by atomic mass is 32.1. The highest BCUT2D eigenvalue weighted by Gasteiger charge is 2.08. The molecule has 0 aliphatic carbocycles. The van der Waals surface area contributed by atoms with E-state index in [4.69, 9.17) is 4.74 Å². The van der Waals surface area contributed by atoms with E-state index < -0.39 is 0 Å². The first-order valence-corrected chi connectivity index (χ1v) is 6.65. The van der Waals surface area contributed by atoms with Crippen LogP contribution >= 0.6 is 12.6 Å². The van der Waals surface area contributed by atoms with Crippen molar-refractivity contribution in [2.45, 2.75) is 26.8 Å². The van der Waals surface area contributed by atoms with Gasteiger partial charge in [0.2, 0.25) is 0 Å². The molecule has 0 aliphatic rings. The largest absolute Gasteiger partial charge is 0.496 e. The zero-order valence-corrected chi connectivity index (χ0v) is 12.2. The summed E-state index contributed by atoms with van der Waals surface area (Å²) in [5, 5.41) is 0. The quantitative estimate of drug-likeness (QED) is 0.782. The molecule has 3 heteroatoms. The molecule has 0 N–H and O–H groups in total. The minimum absolute atomic E-state index is 0.929. The normalized spacial score (nSPS) is 10.9. The van der Waals surface area contributed by atoms with Crippen LogP contribution in [0, 0.1) is 13.8 Å². The Labute approximate surface area is 110 Å². The van der Waals surface area contributed by atoms with Crippen LogP contribution in [0.2, 0.25) is 0 Å². The molecule has 0 fully saturated rings. The fourth-order valence-corrected chi connectivity index (χ4v) is 2.01. The van der Waals surface area contributed by atoms with Gasteiger partial charge in [0.25, 0.3) is 0 Å². The molecule has 1 rings (SSSR count). The first-order chi connectivity index (χ1) is 8.08. The summed E-state index contributed by atoms with van der Waals surface area (Å²) in [5.74, 6) is 1.93. The van der Waals surface area contributed by atoms with Crippen molar-refractivity contribution in [2.24, 2.45) is 0 Å². The van der Waals surface area contributed by atoms with Gasteiger partial charge in [-0.25, -0.2) is 0 Å². The maximum atomic E-state index is 5.44. The average molecular weight is 253 g/mol. The zero-order valence-electron chi connectivity index (χ0n) is 11.3. The predicted molar refractivity (Wildman–Crippen MR) is 77.3 cm³/mol. The molecule has 0 amide bonds. The van der Waals surface area contributed by atoms with E-state index in [2.05, 4.69) is 50.6 Å². The van der Waals surface area contributed by atoms with Gasteiger partial charge >= 0.3 is 0 Å². The van der Waals surface area contributed by atoms with Gasteiger partial charge in [0.15, 0.2) is 0 Å². The smallest absolute Gasteiger partial charge is 0.123 e. The molecule has 0 radical (unpaired) electrons. The lowest BCUT2D eigenvalue weighted by Crippen LogP contribution is -2.20. The first kappa shape index (κ1) is 14.4. The second kappa shape index (κ2) is 6.92. The Kier molecular flexibility index (Phi) is 5.86. The van der Waals surface area contributed by atoms with E-state index in [1.54, 1.807) is 7.11 Å². The highest BCUT2D eigenvalue weighted by molar-refractivity contribution is 7.80. The lowest BCUT2D eigenvalue weighted by molar-refractivity contribution is 0.318. The molecule has 0 spiro atoms. The maximum Gasteiger partial charge on any atom is 0.123 e. The number of hydrogen-bond donors (Lipinski definition) is 1. The summed E-state index contributed by atoms with van der Waals surface area (Å²) >= 11 is 4.24. The van der Waals surface area contributed by atoms with Crippen LogP contribution in [-0.4, -0.2) is 31.4 Å². The molecule has 0 atom stereocenters. The molecule has 0 saturated carbocycles. The van der Waals surface area contributed by atoms with E-state index in [1.165, 1.54) is 16.7 Å². The van der Waals surface area contributed by atoms with Crippen molar-refractivity contribution >= 4 is 12.6 Å². The van der Waals surface area contributed by atoms with Gasteiger partial charge in [-0.15, -0.1) is 0 Å². The lowest BCUT2D eigenvalue weighted by atomic mass is 10.0. The monoisotopic (exact) mass is 253 g/mol. The van der Waals surface area contributed by atoms with E-state index in [1.807, 2.05) is 0 Å². The topological polar surface area (TPSA) is 12.5 Å². The summed E-state index contributed by atoms with van der Waals surface area (Å²) in [5.41, 5.74) is 3.87. The minimum Gasteiger partial charge on any atom is -0.496 e. The first-order valence-electron chi connectivity index (χ1n) is 6.02. The molecule has 0 bridgehead atoms. The molecule has 1 aromatic carbocycles. The number of benzene rings is 1. The molecule has 0 saturated heterocycles. The Balaban J connectivity index is 2.78. The second-order valence-corrected chi connectivity index (χ2v) is 5.01. The van der Waals surface area contributed by atoms with E-state index in [0.29, 0.717) is 0 Å². The van der Waals surface area contributed by atoms with E-state index in [9.17, 15) is 0 Å². The lowest BCUT2D eigenvalue weighted by Gasteiger charge is -2.19. The molecular weight excluding hydrogens is 230 g/mol. The van der Waals surface area contributed by atoms with Crippen molar-refractivity contribution < 1.29 is 4.74 Å². The summed E-state index contributed by atoms with van der Waals surface area (Å²) in [6.07, 6.45) is 1.12. The molecule has 17 heavy (non-hydrogen) atoms. The molecule has 1 aromatic rings. The van der Waals surface area contributed by atoms with Gasteiger partial charge in [-0.2, -0.15) is 12.6 Å². The summed E-state index contributed by atoms with van der Waals surface area (Å²) in [7, 11) is 3.87. The van der Waals surface area contributed by atoms with Crippen molar-refractivity contribution in [3.8, 4) is 5.75 Å². The van der Waals surface area contributed by atoms with Crippen LogP contribution in [0.3, 0.4) is 0 Å². The van der Waals surface area contributed by atoms with Gasteiger partial charge in [0.05, 0.1) is 7.11 Å². The molecule has 0 unspecified atom stereocenters. The van der Waals surface area contributed by atoms with Gasteiger partial charge in [-0.3, -0.25) is 0 Å². The van der Waals surface area contributed by atoms with Gasteiger partial charge in [0.1, 0.15) is 5.75 Å². The molecular formula is C14H23NOS. The zero-order chi connectivity index (χ0) is 12.8. The van der Waals surface area contributed by atoms with E-state index >= 15 is 0 Å². The van der Waals surface area contributed by atoms with Crippen LogP contribution in [0.1, 0.15) is 23.1 Å². The van der Waals surface area contributed by atoms with Gasteiger partial charge in [-0.05, 0) is 56.8 Å². The summed E-state index contributed by atoms with van der Waals surface area (Å²) in [4.78, 5) is 2.31. The molecule has 2 nitrogen and oxygen atoms in total. The number of nitrogens with zero attached hydrogens (tertiary/aromatic N) is 1. The van der Waals surface area contributed by atoms with Crippen LogP contribution in [0.5, 0.6) is 5.75 Å². The summed E-state index contributed by atoms with van der Waals surface area (Å²) < 4.78 is 5.44. The molecule has 0 aliphatic heterocycles. The summed E-state index contributed by atoms with van der Waals surface area (Å²) in [6.45, 7) is 6.26. The molecule has 96 valence electrons. The van der Waals surface area contributed by atoms with Crippen LogP contribution in [0.15, 0.2) is 12.1 Å². The third kappa shape index (κ3) is 4.25. The Morgan fingerprint density at radius 3 is 2.47 bits per heavy atom. The SMILES string of the molecule is COc1cc(C)c(C)cc1CN(C)CCCS. The highest BCUT2D eigenvalue weighted by Crippen LogP contribution is 2.24. The average Bonchev–Trinajstić information content (AvgIpc) is 2.31. The predicted octanol–water partition coefficient (Wildman–Crippen LogP) is 3.06. The van der Waals surface area contributed by atoms with Gasteiger partial charge in [0, 0.05) is 12.1 Å². The minimum atomic E-state index is 0.929. The van der Waals surface area contributed by atoms with Crippen molar-refractivity contribution in [1.29, 1.82) is 0 Å². The standard InChI is InChI=1S/C14H23NOS/c1-11-8-13(10-15(3)6-5-7-17)14(16-4)9-12(11)2/h8-9,17H,5-7,10H2,1-4H3. The number of hydrogen-bond acceptors (Lipinski definition) is 3.